The third kappa shape index (κ3) is 14.1. The maximum Gasteiger partial charge on any atom is 0.318 e. The van der Waals surface area contributed by atoms with Gasteiger partial charge in [0.05, 0.1) is 6.10 Å². The zero-order chi connectivity index (χ0) is 38.9. The number of amides is 4. The molecule has 1 saturated heterocycles. The molecular formula is C38H66N6O8S. The molecule has 1 saturated carbocycles. The number of likely N-dealkylation sites (tertiary alicyclic amines) is 1. The molecule has 0 radical (unpaired) electrons. The summed E-state index contributed by atoms with van der Waals surface area (Å²) in [6, 6.07) is 8.51. The lowest BCUT2D eigenvalue weighted by molar-refractivity contribution is -0.165. The second-order valence-corrected chi connectivity index (χ2v) is 16.6. The Balaban J connectivity index is 1.96. The minimum Gasteiger partial charge on any atom is -0.363 e. The fourth-order valence-electron chi connectivity index (χ4n) is 7.26. The van der Waals surface area contributed by atoms with Crippen LogP contribution in [0.15, 0.2) is 30.3 Å². The number of unbranched alkanes of at least 4 members (excludes halogenated alkanes) is 2. The lowest BCUT2D eigenvalue weighted by Crippen LogP contribution is -2.70. The molecule has 14 nitrogen and oxygen atoms in total. The SMILES string of the molecule is CCCC[C@](CCc1ccccc1)(NC(=O)N1CCC(OCOC)CC1)C(=O)N[C@](O)(CCCCC1CCCCC1)C(=O)N(NS(=O)(=O)NC)C(C)C. The van der Waals surface area contributed by atoms with E-state index in [1.807, 2.05) is 37.3 Å². The molecule has 0 aromatic heterocycles. The van der Waals surface area contributed by atoms with E-state index in [0.29, 0.717) is 51.1 Å². The van der Waals surface area contributed by atoms with Gasteiger partial charge in [-0.2, -0.15) is 8.42 Å². The summed E-state index contributed by atoms with van der Waals surface area (Å²) in [4.78, 5) is 47.1. The summed E-state index contributed by atoms with van der Waals surface area (Å²) < 4.78 is 38.1. The normalized spacial score (nSPS) is 18.3. The van der Waals surface area contributed by atoms with Gasteiger partial charge in [0.15, 0.2) is 0 Å². The molecular weight excluding hydrogens is 701 g/mol. The number of aryl methyl sites for hydroxylation is 1. The summed E-state index contributed by atoms with van der Waals surface area (Å²) >= 11 is 0. The first-order valence-corrected chi connectivity index (χ1v) is 21.1. The number of benzene rings is 1. The third-order valence-corrected chi connectivity index (χ3v) is 11.6. The van der Waals surface area contributed by atoms with Gasteiger partial charge in [0.2, 0.25) is 11.6 Å². The van der Waals surface area contributed by atoms with Crippen molar-refractivity contribution in [2.75, 3.05) is 34.0 Å². The molecule has 2 fully saturated rings. The van der Waals surface area contributed by atoms with Gasteiger partial charge < -0.3 is 30.1 Å². The number of hydrazine groups is 1. The number of piperidine rings is 1. The van der Waals surface area contributed by atoms with Gasteiger partial charge in [-0.15, -0.1) is 4.83 Å². The number of methoxy groups -OCH3 is 1. The molecule has 0 unspecified atom stereocenters. The van der Waals surface area contributed by atoms with Crippen LogP contribution >= 0.6 is 0 Å². The van der Waals surface area contributed by atoms with E-state index in [-0.39, 0.29) is 32.2 Å². The van der Waals surface area contributed by atoms with Crippen molar-refractivity contribution >= 4 is 28.1 Å². The van der Waals surface area contributed by atoms with Gasteiger partial charge in [0.25, 0.3) is 16.1 Å². The fraction of sp³-hybridized carbons (Fsp3) is 0.763. The van der Waals surface area contributed by atoms with Crippen molar-refractivity contribution < 1.29 is 37.4 Å². The third-order valence-electron chi connectivity index (χ3n) is 10.6. The number of rotatable bonds is 22. The molecule has 2 aliphatic rings. The molecule has 4 amide bonds. The highest BCUT2D eigenvalue weighted by Crippen LogP contribution is 2.30. The molecule has 3 rings (SSSR count). The van der Waals surface area contributed by atoms with Crippen LogP contribution in [0.5, 0.6) is 0 Å². The second kappa shape index (κ2) is 21.9. The van der Waals surface area contributed by atoms with E-state index in [1.165, 1.54) is 26.3 Å². The lowest BCUT2D eigenvalue weighted by atomic mass is 9.84. The second-order valence-electron chi connectivity index (χ2n) is 15.0. The highest BCUT2D eigenvalue weighted by atomic mass is 32.2. The Morgan fingerprint density at radius 3 is 2.25 bits per heavy atom. The zero-order valence-corrected chi connectivity index (χ0v) is 33.5. The smallest absolute Gasteiger partial charge is 0.318 e. The number of nitrogens with zero attached hydrogens (tertiary/aromatic N) is 2. The van der Waals surface area contributed by atoms with Crippen LogP contribution in [-0.4, -0.2) is 98.7 Å². The first-order valence-electron chi connectivity index (χ1n) is 19.6. The van der Waals surface area contributed by atoms with Gasteiger partial charge in [-0.25, -0.2) is 9.52 Å². The Labute approximate surface area is 317 Å². The summed E-state index contributed by atoms with van der Waals surface area (Å²) in [6.45, 7) is 6.22. The molecule has 1 aliphatic heterocycles. The van der Waals surface area contributed by atoms with E-state index in [9.17, 15) is 27.9 Å². The molecule has 0 bridgehead atoms. The number of carbonyl (C=O) groups is 3. The van der Waals surface area contributed by atoms with Gasteiger partial charge in [-0.1, -0.05) is 95.0 Å². The maximum atomic E-state index is 14.9. The molecule has 53 heavy (non-hydrogen) atoms. The quantitative estimate of drug-likeness (QED) is 0.0651. The van der Waals surface area contributed by atoms with E-state index in [2.05, 4.69) is 20.2 Å². The van der Waals surface area contributed by atoms with E-state index in [0.717, 1.165) is 42.7 Å². The van der Waals surface area contributed by atoms with Crippen molar-refractivity contribution in [2.45, 2.75) is 147 Å². The predicted octanol–water partition coefficient (Wildman–Crippen LogP) is 4.49. The fourth-order valence-corrected chi connectivity index (χ4v) is 7.91. The molecule has 1 aliphatic carbocycles. The van der Waals surface area contributed by atoms with E-state index in [1.54, 1.807) is 25.9 Å². The van der Waals surface area contributed by atoms with E-state index in [4.69, 9.17) is 9.47 Å². The van der Waals surface area contributed by atoms with Crippen LogP contribution in [-0.2, 0) is 35.7 Å². The minimum atomic E-state index is -4.15. The van der Waals surface area contributed by atoms with Crippen LogP contribution in [0.1, 0.15) is 123 Å². The highest BCUT2D eigenvalue weighted by Gasteiger charge is 2.48. The monoisotopic (exact) mass is 766 g/mol. The molecule has 1 aromatic carbocycles. The number of hydrogen-bond acceptors (Lipinski definition) is 8. The van der Waals surface area contributed by atoms with Crippen molar-refractivity contribution in [1.82, 2.24) is 30.1 Å². The maximum absolute atomic E-state index is 14.9. The average Bonchev–Trinajstić information content (AvgIpc) is 3.16. The summed E-state index contributed by atoms with van der Waals surface area (Å²) in [5.74, 6) is -1.12. The number of nitrogens with one attached hydrogen (secondary N) is 4. The molecule has 302 valence electrons. The van der Waals surface area contributed by atoms with Crippen molar-refractivity contribution in [3.05, 3.63) is 35.9 Å². The molecule has 5 N–H and O–H groups in total. The lowest BCUT2D eigenvalue weighted by Gasteiger charge is -2.41. The van der Waals surface area contributed by atoms with Gasteiger partial charge >= 0.3 is 6.03 Å². The first-order chi connectivity index (χ1) is 25.3. The molecule has 1 heterocycles. The number of hydrogen-bond donors (Lipinski definition) is 5. The number of ether oxygens (including phenoxy) is 2. The highest BCUT2D eigenvalue weighted by molar-refractivity contribution is 7.87. The molecule has 0 spiro atoms. The molecule has 1 aromatic rings. The Kier molecular flexibility index (Phi) is 18.4. The number of carbonyl (C=O) groups excluding carboxylic acids is 3. The molecule has 2 atom stereocenters. The van der Waals surface area contributed by atoms with E-state index < -0.39 is 45.4 Å². The average molecular weight is 767 g/mol. The standard InChI is InChI=1S/C38H66N6O8S/c1-6-7-24-37(26-21-32-18-12-9-13-19-32,41-36(47)43-27-22-33(23-28-43)52-29-51-5)34(45)40-38(48,25-15-14-20-31-16-10-8-11-17-31)35(46)44(30(2)3)42-53(49,50)39-4/h9,12-13,18-19,30-31,33,39,42,48H,6-8,10-11,14-17,20-29H2,1-5H3,(H,40,45)(H,41,47)/t37-,38+/m1/s1. The van der Waals surface area contributed by atoms with Gasteiger partial charge in [0, 0.05) is 39.7 Å². The molecule has 15 heteroatoms. The van der Waals surface area contributed by atoms with Crippen molar-refractivity contribution in [2.24, 2.45) is 5.92 Å². The van der Waals surface area contributed by atoms with Crippen LogP contribution in [0.3, 0.4) is 0 Å². The van der Waals surface area contributed by atoms with Gasteiger partial charge in [-0.05, 0) is 63.9 Å². The summed E-state index contributed by atoms with van der Waals surface area (Å²) in [6.07, 6.45) is 11.3. The summed E-state index contributed by atoms with van der Waals surface area (Å²) in [5.41, 5.74) is -3.01. The number of urea groups is 1. The Hall–Kier alpha value is -2.82. The Morgan fingerprint density at radius 2 is 1.64 bits per heavy atom. The van der Waals surface area contributed by atoms with E-state index >= 15 is 0 Å². The van der Waals surface area contributed by atoms with Crippen molar-refractivity contribution in [3.8, 4) is 0 Å². The van der Waals surface area contributed by atoms with Crippen LogP contribution < -0.4 is 20.2 Å². The first kappa shape index (κ1) is 44.6. The van der Waals surface area contributed by atoms with Gasteiger partial charge in [-0.3, -0.25) is 14.6 Å². The topological polar surface area (TPSA) is 179 Å². The minimum absolute atomic E-state index is 0.0476. The Morgan fingerprint density at radius 1 is 0.962 bits per heavy atom. The van der Waals surface area contributed by atoms with Crippen LogP contribution in [0.4, 0.5) is 4.79 Å². The predicted molar refractivity (Wildman–Crippen MR) is 204 cm³/mol. The van der Waals surface area contributed by atoms with Crippen LogP contribution in [0.25, 0.3) is 0 Å². The van der Waals surface area contributed by atoms with Crippen molar-refractivity contribution in [1.29, 1.82) is 0 Å². The van der Waals surface area contributed by atoms with Crippen molar-refractivity contribution in [3.63, 3.8) is 0 Å². The summed E-state index contributed by atoms with van der Waals surface area (Å²) in [5, 5.41) is 18.9. The summed E-state index contributed by atoms with van der Waals surface area (Å²) in [7, 11) is -1.38. The number of aliphatic hydroxyl groups is 1. The van der Waals surface area contributed by atoms with Gasteiger partial charge in [0.1, 0.15) is 12.3 Å². The zero-order valence-electron chi connectivity index (χ0n) is 32.7. The van der Waals surface area contributed by atoms with Crippen LogP contribution in [0.2, 0.25) is 0 Å². The largest absolute Gasteiger partial charge is 0.363 e. The van der Waals surface area contributed by atoms with Crippen LogP contribution in [0, 0.1) is 5.92 Å². The Bertz CT molecular complexity index is 1370.